The fraction of sp³-hybridized carbons (Fsp3) is 0.133. The predicted molar refractivity (Wildman–Crippen MR) is 210 cm³/mol. The highest BCUT2D eigenvalue weighted by molar-refractivity contribution is 6.23. The molecule has 50 heavy (non-hydrogen) atoms. The van der Waals surface area contributed by atoms with Crippen molar-refractivity contribution in [2.24, 2.45) is 0 Å². The average Bonchev–Trinajstić information content (AvgIpc) is 3.69. The van der Waals surface area contributed by atoms with Crippen LogP contribution in [0, 0.1) is 0 Å². The van der Waals surface area contributed by atoms with Crippen molar-refractivity contribution in [3.63, 3.8) is 0 Å². The summed E-state index contributed by atoms with van der Waals surface area (Å²) in [4.78, 5) is 15.5. The monoisotopic (exact) mass is 649 g/mol. The Balaban J connectivity index is 1.57. The van der Waals surface area contributed by atoms with Gasteiger partial charge in [0.25, 0.3) is 0 Å². The van der Waals surface area contributed by atoms with Gasteiger partial charge in [-0.2, -0.15) is 9.97 Å². The Morgan fingerprint density at radius 2 is 1.24 bits per heavy atom. The van der Waals surface area contributed by atoms with Crippen LogP contribution in [0.5, 0.6) is 0 Å². The molecule has 0 saturated carbocycles. The zero-order valence-electron chi connectivity index (χ0n) is 28.8. The van der Waals surface area contributed by atoms with E-state index in [2.05, 4.69) is 121 Å². The minimum absolute atomic E-state index is 0.567. The third-order valence-electron chi connectivity index (χ3n) is 9.59. The highest BCUT2D eigenvalue weighted by atomic mass is 15.2. The number of nitrogens with zero attached hydrogens (tertiary/aromatic N) is 5. The van der Waals surface area contributed by atoms with E-state index in [1.54, 1.807) is 0 Å². The molecule has 5 nitrogen and oxygen atoms in total. The van der Waals surface area contributed by atoms with Crippen LogP contribution in [0.15, 0.2) is 140 Å². The number of benzene rings is 5. The first-order chi connectivity index (χ1) is 24.6. The topological polar surface area (TPSA) is 48.5 Å². The minimum Gasteiger partial charge on any atom is -0.307 e. The molecule has 0 spiro atoms. The van der Waals surface area contributed by atoms with Crippen molar-refractivity contribution < 1.29 is 0 Å². The number of allylic oxidation sites excluding steroid dienone is 5. The van der Waals surface area contributed by atoms with Gasteiger partial charge in [-0.05, 0) is 66.8 Å². The molecular weight excluding hydrogens is 611 g/mol. The Hall–Kier alpha value is -6.07. The molecule has 8 aromatic rings. The Morgan fingerprint density at radius 1 is 0.640 bits per heavy atom. The first-order valence-electron chi connectivity index (χ1n) is 17.5. The molecule has 3 aromatic heterocycles. The van der Waals surface area contributed by atoms with Gasteiger partial charge in [0.15, 0.2) is 11.6 Å². The third kappa shape index (κ3) is 5.23. The average molecular weight is 650 g/mol. The van der Waals surface area contributed by atoms with E-state index in [1.165, 1.54) is 32.8 Å². The summed E-state index contributed by atoms with van der Waals surface area (Å²) in [6, 6.07) is 39.1. The Labute approximate surface area is 292 Å². The van der Waals surface area contributed by atoms with E-state index in [9.17, 15) is 0 Å². The lowest BCUT2D eigenvalue weighted by Gasteiger charge is -2.13. The number of fused-ring (bicyclic) bond motifs is 7. The molecule has 0 amide bonds. The van der Waals surface area contributed by atoms with E-state index in [-0.39, 0.29) is 0 Å². The number of hydrogen-bond acceptors (Lipinski definition) is 3. The van der Waals surface area contributed by atoms with Gasteiger partial charge in [0.2, 0.25) is 5.95 Å². The molecule has 5 aromatic carbocycles. The van der Waals surface area contributed by atoms with Crippen molar-refractivity contribution >= 4 is 49.2 Å². The molecular formula is C45H39N5. The smallest absolute Gasteiger partial charge is 0.238 e. The zero-order chi connectivity index (χ0) is 34.2. The van der Waals surface area contributed by atoms with E-state index in [4.69, 9.17) is 15.0 Å². The van der Waals surface area contributed by atoms with Gasteiger partial charge >= 0.3 is 0 Å². The first-order valence-corrected chi connectivity index (χ1v) is 17.5. The molecule has 0 fully saturated rings. The van der Waals surface area contributed by atoms with Crippen molar-refractivity contribution in [1.29, 1.82) is 0 Å². The summed E-state index contributed by atoms with van der Waals surface area (Å²) in [7, 11) is 0. The maximum atomic E-state index is 5.24. The molecule has 0 N–H and O–H groups in total. The summed E-state index contributed by atoms with van der Waals surface area (Å²) in [5, 5.41) is 4.76. The SMILES string of the molecule is C=C/C(=C\C=C/CC)c1nc(-c2ccccc2)nc(-n2c3ccc(CC)cc3c3ccc4c5cc(CC)ccc5n(-c5ccccc5)c4c32)n1. The van der Waals surface area contributed by atoms with Gasteiger partial charge in [0, 0.05) is 38.4 Å². The molecule has 3 heterocycles. The second-order valence-corrected chi connectivity index (χ2v) is 12.6. The fourth-order valence-electron chi connectivity index (χ4n) is 7.04. The lowest BCUT2D eigenvalue weighted by atomic mass is 10.0. The van der Waals surface area contributed by atoms with Crippen LogP contribution < -0.4 is 0 Å². The minimum atomic E-state index is 0.567. The number of hydrogen-bond donors (Lipinski definition) is 0. The van der Waals surface area contributed by atoms with Gasteiger partial charge in [-0.25, -0.2) is 4.98 Å². The number of rotatable bonds is 9. The molecule has 8 rings (SSSR count). The zero-order valence-corrected chi connectivity index (χ0v) is 28.8. The molecule has 0 aliphatic heterocycles. The van der Waals surface area contributed by atoms with Crippen molar-refractivity contribution in [3.8, 4) is 23.0 Å². The van der Waals surface area contributed by atoms with Crippen LogP contribution in [-0.4, -0.2) is 24.1 Å². The van der Waals surface area contributed by atoms with Crippen LogP contribution in [0.4, 0.5) is 0 Å². The lowest BCUT2D eigenvalue weighted by molar-refractivity contribution is 0.932. The second kappa shape index (κ2) is 13.1. The Morgan fingerprint density at radius 3 is 1.84 bits per heavy atom. The highest BCUT2D eigenvalue weighted by Gasteiger charge is 2.24. The molecule has 0 bridgehead atoms. The number of aromatic nitrogens is 5. The largest absolute Gasteiger partial charge is 0.307 e. The highest BCUT2D eigenvalue weighted by Crippen LogP contribution is 2.42. The van der Waals surface area contributed by atoms with Crippen LogP contribution in [0.1, 0.15) is 44.1 Å². The summed E-state index contributed by atoms with van der Waals surface area (Å²) >= 11 is 0. The predicted octanol–water partition coefficient (Wildman–Crippen LogP) is 11.4. The molecule has 0 aliphatic carbocycles. The third-order valence-corrected chi connectivity index (χ3v) is 9.59. The van der Waals surface area contributed by atoms with Crippen molar-refractivity contribution in [1.82, 2.24) is 24.1 Å². The molecule has 0 aliphatic rings. The van der Waals surface area contributed by atoms with Gasteiger partial charge in [-0.1, -0.05) is 124 Å². The van der Waals surface area contributed by atoms with Crippen molar-refractivity contribution in [3.05, 3.63) is 157 Å². The lowest BCUT2D eigenvalue weighted by Crippen LogP contribution is -2.08. The van der Waals surface area contributed by atoms with Gasteiger partial charge < -0.3 is 4.57 Å². The van der Waals surface area contributed by atoms with Crippen molar-refractivity contribution in [2.45, 2.75) is 40.0 Å². The van der Waals surface area contributed by atoms with E-state index >= 15 is 0 Å². The van der Waals surface area contributed by atoms with Crippen LogP contribution in [0.3, 0.4) is 0 Å². The standard InChI is InChI=1S/C45H39N5/c1-5-9-12-17-32(8-4)43-46-44(33-18-13-10-14-19-33)48-45(47-43)50-40-27-23-31(7-3)29-38(40)36-25-24-35-37-28-30(6-2)22-26-39(37)49(41(35)42(36)50)34-20-15-11-16-21-34/h8-29H,4-7H2,1-3H3/b12-9-,32-17+. The van der Waals surface area contributed by atoms with Crippen LogP contribution >= 0.6 is 0 Å². The summed E-state index contributed by atoms with van der Waals surface area (Å²) in [6.45, 7) is 10.7. The summed E-state index contributed by atoms with van der Waals surface area (Å²) in [6.07, 6.45) is 10.9. The van der Waals surface area contributed by atoms with Crippen LogP contribution in [0.25, 0.3) is 72.2 Å². The van der Waals surface area contributed by atoms with E-state index < -0.39 is 0 Å². The van der Waals surface area contributed by atoms with Gasteiger partial charge in [0.1, 0.15) is 0 Å². The summed E-state index contributed by atoms with van der Waals surface area (Å²) in [5.41, 5.74) is 9.88. The van der Waals surface area contributed by atoms with Crippen molar-refractivity contribution in [2.75, 3.05) is 0 Å². The van der Waals surface area contributed by atoms with Crippen LogP contribution in [0.2, 0.25) is 0 Å². The van der Waals surface area contributed by atoms with Gasteiger partial charge in [-0.3, -0.25) is 4.57 Å². The molecule has 0 atom stereocenters. The fourth-order valence-corrected chi connectivity index (χ4v) is 7.04. The quantitative estimate of drug-likeness (QED) is 0.146. The maximum Gasteiger partial charge on any atom is 0.238 e. The van der Waals surface area contributed by atoms with E-state index in [1.807, 2.05) is 48.6 Å². The molecule has 244 valence electrons. The summed E-state index contributed by atoms with van der Waals surface area (Å²) < 4.78 is 4.67. The molecule has 5 heteroatoms. The normalized spacial score (nSPS) is 12.3. The molecule has 0 radical (unpaired) electrons. The van der Waals surface area contributed by atoms with Crippen LogP contribution in [-0.2, 0) is 12.8 Å². The molecule has 0 saturated heterocycles. The first kappa shape index (κ1) is 31.2. The summed E-state index contributed by atoms with van der Waals surface area (Å²) in [5.74, 6) is 1.76. The van der Waals surface area contributed by atoms with Gasteiger partial charge in [-0.15, -0.1) is 0 Å². The molecule has 0 unspecified atom stereocenters. The maximum absolute atomic E-state index is 5.24. The van der Waals surface area contributed by atoms with Gasteiger partial charge in [0.05, 0.1) is 22.1 Å². The van der Waals surface area contributed by atoms with E-state index in [0.29, 0.717) is 17.6 Å². The number of aryl methyl sites for hydroxylation is 2. The number of para-hydroxylation sites is 1. The Kier molecular flexibility index (Phi) is 8.17. The second-order valence-electron chi connectivity index (χ2n) is 12.6. The Bertz CT molecular complexity index is 2600. The van der Waals surface area contributed by atoms with E-state index in [0.717, 1.165) is 58.0 Å².